The number of halogens is 3. The van der Waals surface area contributed by atoms with Gasteiger partial charge in [-0.05, 0) is 44.3 Å². The van der Waals surface area contributed by atoms with Crippen LogP contribution in [-0.4, -0.2) is 7.05 Å². The van der Waals surface area contributed by atoms with E-state index < -0.39 is 0 Å². The maximum absolute atomic E-state index is 6.15. The Kier molecular flexibility index (Phi) is 5.77. The molecule has 0 fully saturated rings. The molecular weight excluding hydrogens is 329 g/mol. The zero-order chi connectivity index (χ0) is 15.4. The highest BCUT2D eigenvalue weighted by atomic mass is 35.5. The smallest absolute Gasteiger partial charge is 0.124 e. The van der Waals surface area contributed by atoms with Crippen molar-refractivity contribution in [1.82, 2.24) is 5.32 Å². The van der Waals surface area contributed by atoms with E-state index in [1.54, 1.807) is 12.1 Å². The van der Waals surface area contributed by atoms with E-state index in [0.29, 0.717) is 21.7 Å². The van der Waals surface area contributed by atoms with E-state index in [2.05, 4.69) is 5.32 Å². The number of rotatable bonds is 5. The Hall–Kier alpha value is -0.930. The standard InChI is InChI=1S/C16H16Cl3NO/c1-10(20-2)14-7-12(17)5-6-16(14)21-9-11-3-4-13(18)8-15(11)19/h3-8,10,20H,9H2,1-2H3. The molecule has 2 nitrogen and oxygen atoms in total. The number of nitrogens with one attached hydrogen (secondary N) is 1. The normalized spacial score (nSPS) is 12.2. The highest BCUT2D eigenvalue weighted by Crippen LogP contribution is 2.30. The molecule has 0 bridgehead atoms. The first-order valence-electron chi connectivity index (χ1n) is 6.54. The lowest BCUT2D eigenvalue weighted by molar-refractivity contribution is 0.300. The van der Waals surface area contributed by atoms with Crippen LogP contribution >= 0.6 is 34.8 Å². The Morgan fingerprint density at radius 2 is 1.71 bits per heavy atom. The average molecular weight is 345 g/mol. The number of hydrogen-bond acceptors (Lipinski definition) is 2. The van der Waals surface area contributed by atoms with Gasteiger partial charge in [0.25, 0.3) is 0 Å². The molecule has 0 saturated carbocycles. The van der Waals surface area contributed by atoms with E-state index in [4.69, 9.17) is 39.5 Å². The fourth-order valence-corrected chi connectivity index (χ4v) is 2.58. The van der Waals surface area contributed by atoms with Crippen molar-refractivity contribution in [2.24, 2.45) is 0 Å². The van der Waals surface area contributed by atoms with Crippen LogP contribution in [0.4, 0.5) is 0 Å². The summed E-state index contributed by atoms with van der Waals surface area (Å²) >= 11 is 18.1. The highest BCUT2D eigenvalue weighted by Gasteiger charge is 2.12. The lowest BCUT2D eigenvalue weighted by atomic mass is 10.1. The predicted octanol–water partition coefficient (Wildman–Crippen LogP) is 5.51. The summed E-state index contributed by atoms with van der Waals surface area (Å²) in [6, 6.07) is 11.1. The van der Waals surface area contributed by atoms with Crippen molar-refractivity contribution in [3.63, 3.8) is 0 Å². The summed E-state index contributed by atoms with van der Waals surface area (Å²) in [5.74, 6) is 0.785. The second kappa shape index (κ2) is 7.37. The van der Waals surface area contributed by atoms with Crippen LogP contribution < -0.4 is 10.1 Å². The lowest BCUT2D eigenvalue weighted by Crippen LogP contribution is -2.13. The highest BCUT2D eigenvalue weighted by molar-refractivity contribution is 6.35. The molecule has 0 aliphatic carbocycles. The summed E-state index contributed by atoms with van der Waals surface area (Å²) in [4.78, 5) is 0. The Labute approximate surface area is 140 Å². The Bertz CT molecular complexity index is 631. The van der Waals surface area contributed by atoms with Crippen LogP contribution in [0, 0.1) is 0 Å². The monoisotopic (exact) mass is 343 g/mol. The molecule has 2 aromatic rings. The zero-order valence-corrected chi connectivity index (χ0v) is 14.1. The molecule has 0 aliphatic heterocycles. The van der Waals surface area contributed by atoms with Gasteiger partial charge in [-0.25, -0.2) is 0 Å². The molecule has 1 unspecified atom stereocenters. The predicted molar refractivity (Wildman–Crippen MR) is 89.7 cm³/mol. The van der Waals surface area contributed by atoms with Crippen LogP contribution in [0.5, 0.6) is 5.75 Å². The summed E-state index contributed by atoms with van der Waals surface area (Å²) in [5, 5.41) is 5.08. The van der Waals surface area contributed by atoms with Crippen LogP contribution in [-0.2, 0) is 6.61 Å². The van der Waals surface area contributed by atoms with Crippen molar-refractivity contribution >= 4 is 34.8 Å². The summed E-state index contributed by atoms with van der Waals surface area (Å²) in [7, 11) is 1.89. The Morgan fingerprint density at radius 3 is 2.38 bits per heavy atom. The summed E-state index contributed by atoms with van der Waals surface area (Å²) in [6.45, 7) is 2.43. The average Bonchev–Trinajstić information content (AvgIpc) is 2.46. The van der Waals surface area contributed by atoms with E-state index in [9.17, 15) is 0 Å². The second-order valence-corrected chi connectivity index (χ2v) is 6.00. The molecule has 0 aromatic heterocycles. The fraction of sp³-hybridized carbons (Fsp3) is 0.250. The Balaban J connectivity index is 2.19. The molecule has 112 valence electrons. The molecule has 21 heavy (non-hydrogen) atoms. The van der Waals surface area contributed by atoms with Gasteiger partial charge < -0.3 is 10.1 Å². The topological polar surface area (TPSA) is 21.3 Å². The van der Waals surface area contributed by atoms with E-state index in [-0.39, 0.29) is 6.04 Å². The second-order valence-electron chi connectivity index (χ2n) is 4.72. The van der Waals surface area contributed by atoms with E-state index in [1.807, 2.05) is 38.2 Å². The molecule has 0 saturated heterocycles. The minimum absolute atomic E-state index is 0.138. The van der Waals surface area contributed by atoms with Crippen molar-refractivity contribution in [2.75, 3.05) is 7.05 Å². The third-order valence-electron chi connectivity index (χ3n) is 3.27. The largest absolute Gasteiger partial charge is 0.489 e. The van der Waals surface area contributed by atoms with Crippen LogP contribution in [0.25, 0.3) is 0 Å². The van der Waals surface area contributed by atoms with Gasteiger partial charge in [0, 0.05) is 32.2 Å². The first-order valence-corrected chi connectivity index (χ1v) is 7.68. The van der Waals surface area contributed by atoms with Gasteiger partial charge in [-0.2, -0.15) is 0 Å². The molecule has 5 heteroatoms. The maximum atomic E-state index is 6.15. The van der Waals surface area contributed by atoms with Gasteiger partial charge in [-0.15, -0.1) is 0 Å². The molecule has 0 radical (unpaired) electrons. The third-order valence-corrected chi connectivity index (χ3v) is 4.09. The first kappa shape index (κ1) is 16.4. The fourth-order valence-electron chi connectivity index (χ4n) is 1.94. The Morgan fingerprint density at radius 1 is 1.05 bits per heavy atom. The van der Waals surface area contributed by atoms with E-state index in [0.717, 1.165) is 16.9 Å². The van der Waals surface area contributed by atoms with Gasteiger partial charge >= 0.3 is 0 Å². The van der Waals surface area contributed by atoms with Crippen LogP contribution in [0.2, 0.25) is 15.1 Å². The molecule has 1 N–H and O–H groups in total. The minimum atomic E-state index is 0.138. The van der Waals surface area contributed by atoms with Gasteiger partial charge in [0.2, 0.25) is 0 Å². The number of hydrogen-bond donors (Lipinski definition) is 1. The molecular formula is C16H16Cl3NO. The maximum Gasteiger partial charge on any atom is 0.124 e. The summed E-state index contributed by atoms with van der Waals surface area (Å²) in [6.07, 6.45) is 0. The van der Waals surface area contributed by atoms with Crippen molar-refractivity contribution in [2.45, 2.75) is 19.6 Å². The van der Waals surface area contributed by atoms with Crippen LogP contribution in [0.3, 0.4) is 0 Å². The summed E-state index contributed by atoms with van der Waals surface area (Å²) < 4.78 is 5.90. The zero-order valence-electron chi connectivity index (χ0n) is 11.8. The van der Waals surface area contributed by atoms with Crippen molar-refractivity contribution < 1.29 is 4.74 Å². The summed E-state index contributed by atoms with van der Waals surface area (Å²) in [5.41, 5.74) is 1.90. The number of ether oxygens (including phenoxy) is 1. The molecule has 2 rings (SSSR count). The lowest BCUT2D eigenvalue weighted by Gasteiger charge is -2.17. The van der Waals surface area contributed by atoms with Gasteiger partial charge in [0.15, 0.2) is 0 Å². The minimum Gasteiger partial charge on any atom is -0.489 e. The SMILES string of the molecule is CNC(C)c1cc(Cl)ccc1OCc1ccc(Cl)cc1Cl. The third kappa shape index (κ3) is 4.27. The van der Waals surface area contributed by atoms with Crippen molar-refractivity contribution in [1.29, 1.82) is 0 Å². The quantitative estimate of drug-likeness (QED) is 0.772. The van der Waals surface area contributed by atoms with E-state index in [1.165, 1.54) is 0 Å². The molecule has 2 aromatic carbocycles. The van der Waals surface area contributed by atoms with Gasteiger partial charge in [0.1, 0.15) is 12.4 Å². The first-order chi connectivity index (χ1) is 10.0. The molecule has 0 spiro atoms. The molecule has 0 heterocycles. The van der Waals surface area contributed by atoms with Crippen molar-refractivity contribution in [3.05, 3.63) is 62.6 Å². The van der Waals surface area contributed by atoms with E-state index >= 15 is 0 Å². The van der Waals surface area contributed by atoms with Crippen molar-refractivity contribution in [3.8, 4) is 5.75 Å². The van der Waals surface area contributed by atoms with Crippen LogP contribution in [0.1, 0.15) is 24.1 Å². The van der Waals surface area contributed by atoms with Gasteiger partial charge in [-0.1, -0.05) is 40.9 Å². The molecule has 0 aliphatic rings. The van der Waals surface area contributed by atoms with Crippen LogP contribution in [0.15, 0.2) is 36.4 Å². The van der Waals surface area contributed by atoms with Gasteiger partial charge in [-0.3, -0.25) is 0 Å². The molecule has 0 amide bonds. The number of benzene rings is 2. The molecule has 1 atom stereocenters. The van der Waals surface area contributed by atoms with Gasteiger partial charge in [0.05, 0.1) is 0 Å².